The van der Waals surface area contributed by atoms with Gasteiger partial charge in [-0.2, -0.15) is 5.10 Å². The van der Waals surface area contributed by atoms with Gasteiger partial charge in [0.25, 0.3) is 0 Å². The maximum atomic E-state index is 5.48. The van der Waals surface area contributed by atoms with Crippen LogP contribution < -0.4 is 0 Å². The first kappa shape index (κ1) is 23.5. The number of hydrazone groups is 1. The Labute approximate surface area is 191 Å². The number of rotatable bonds is 10. The highest BCUT2D eigenvalue weighted by Crippen LogP contribution is 2.39. The van der Waals surface area contributed by atoms with Gasteiger partial charge in [0.2, 0.25) is 0 Å². The van der Waals surface area contributed by atoms with Crippen molar-refractivity contribution in [1.29, 1.82) is 0 Å². The van der Waals surface area contributed by atoms with Crippen LogP contribution in [0.2, 0.25) is 0 Å². The van der Waals surface area contributed by atoms with Crippen molar-refractivity contribution in [1.82, 2.24) is 5.01 Å². The van der Waals surface area contributed by atoms with E-state index in [9.17, 15) is 0 Å². The van der Waals surface area contributed by atoms with Crippen LogP contribution in [0.5, 0.6) is 0 Å². The van der Waals surface area contributed by atoms with E-state index in [4.69, 9.17) is 9.84 Å². The molecule has 0 bridgehead atoms. The Bertz CT molecular complexity index is 770. The molecule has 0 spiro atoms. The van der Waals surface area contributed by atoms with Crippen molar-refractivity contribution in [2.45, 2.75) is 68.4 Å². The van der Waals surface area contributed by atoms with Crippen LogP contribution in [0.3, 0.4) is 0 Å². The summed E-state index contributed by atoms with van der Waals surface area (Å²) in [5, 5.41) is 8.64. The second kappa shape index (κ2) is 11.4. The van der Waals surface area contributed by atoms with Gasteiger partial charge in [0.1, 0.15) is 0 Å². The van der Waals surface area contributed by atoms with E-state index >= 15 is 0 Å². The Morgan fingerprint density at radius 3 is 2.70 bits per heavy atom. The number of allylic oxidation sites excluding steroid dienone is 4. The number of benzene rings is 1. The quantitative estimate of drug-likeness (QED) is 0.382. The third kappa shape index (κ3) is 6.18. The SMILES string of the molecule is CC[C@@H](SC(C)C)/C(=N/N1CCC[C@H]1COC)C1C=CC=C1Sc1ccc(C)cc1. The van der Waals surface area contributed by atoms with Crippen molar-refractivity contribution in [2.24, 2.45) is 11.0 Å². The maximum Gasteiger partial charge on any atom is 0.0704 e. The van der Waals surface area contributed by atoms with Crippen molar-refractivity contribution in [3.05, 3.63) is 53.0 Å². The Kier molecular flexibility index (Phi) is 8.97. The molecular formula is C25H36N2OS2. The molecule has 0 aromatic heterocycles. The second-order valence-corrected chi connectivity index (χ2v) is 11.3. The molecule has 1 aromatic carbocycles. The number of aryl methyl sites for hydroxylation is 1. The smallest absolute Gasteiger partial charge is 0.0704 e. The Hall–Kier alpha value is -1.17. The summed E-state index contributed by atoms with van der Waals surface area (Å²) in [5.41, 5.74) is 2.60. The Balaban J connectivity index is 1.88. The molecule has 1 aliphatic carbocycles. The van der Waals surface area contributed by atoms with Gasteiger partial charge < -0.3 is 4.74 Å². The van der Waals surface area contributed by atoms with E-state index < -0.39 is 0 Å². The van der Waals surface area contributed by atoms with Gasteiger partial charge in [-0.3, -0.25) is 5.01 Å². The van der Waals surface area contributed by atoms with Crippen LogP contribution in [0.25, 0.3) is 0 Å². The van der Waals surface area contributed by atoms with E-state index in [2.05, 4.69) is 75.2 Å². The molecule has 5 heteroatoms. The van der Waals surface area contributed by atoms with Gasteiger partial charge in [-0.05, 0) is 43.6 Å². The third-order valence-electron chi connectivity index (χ3n) is 5.53. The number of nitrogens with zero attached hydrogens (tertiary/aromatic N) is 2. The molecule has 1 fully saturated rings. The largest absolute Gasteiger partial charge is 0.382 e. The first-order valence-electron chi connectivity index (χ1n) is 11.1. The fourth-order valence-electron chi connectivity index (χ4n) is 4.04. The monoisotopic (exact) mass is 444 g/mol. The molecule has 3 nitrogen and oxygen atoms in total. The first-order chi connectivity index (χ1) is 14.5. The lowest BCUT2D eigenvalue weighted by atomic mass is 10.0. The van der Waals surface area contributed by atoms with E-state index in [0.717, 1.165) is 19.6 Å². The molecule has 0 saturated carbocycles. The minimum atomic E-state index is 0.260. The summed E-state index contributed by atoms with van der Waals surface area (Å²) in [6, 6.07) is 9.23. The lowest BCUT2D eigenvalue weighted by molar-refractivity contribution is 0.117. The van der Waals surface area contributed by atoms with Crippen LogP contribution in [0.1, 0.15) is 45.6 Å². The molecular weight excluding hydrogens is 408 g/mol. The second-order valence-electron chi connectivity index (χ2n) is 8.37. The molecule has 164 valence electrons. The highest BCUT2D eigenvalue weighted by molar-refractivity contribution is 8.03. The lowest BCUT2D eigenvalue weighted by Gasteiger charge is -2.29. The zero-order chi connectivity index (χ0) is 21.5. The first-order valence-corrected chi connectivity index (χ1v) is 12.9. The number of thioether (sulfide) groups is 2. The van der Waals surface area contributed by atoms with Gasteiger partial charge in [-0.1, -0.05) is 68.5 Å². The fraction of sp³-hybridized carbons (Fsp3) is 0.560. The van der Waals surface area contributed by atoms with Crippen LogP contribution in [-0.2, 0) is 4.74 Å². The normalized spacial score (nSPS) is 22.8. The van der Waals surface area contributed by atoms with Crippen LogP contribution in [0.15, 0.2) is 57.4 Å². The molecule has 30 heavy (non-hydrogen) atoms. The van der Waals surface area contributed by atoms with Crippen molar-refractivity contribution >= 4 is 29.2 Å². The molecule has 1 aliphatic heterocycles. The predicted molar refractivity (Wildman–Crippen MR) is 134 cm³/mol. The summed E-state index contributed by atoms with van der Waals surface area (Å²) < 4.78 is 5.48. The topological polar surface area (TPSA) is 24.8 Å². The van der Waals surface area contributed by atoms with Gasteiger partial charge in [-0.15, -0.1) is 11.8 Å². The summed E-state index contributed by atoms with van der Waals surface area (Å²) in [6.07, 6.45) is 10.3. The average molecular weight is 445 g/mol. The van der Waals surface area contributed by atoms with Gasteiger partial charge >= 0.3 is 0 Å². The standard InChI is InChI=1S/C25H36N2OS2/c1-6-23(29-18(2)3)25(26-27-16-8-9-20(27)17-28-5)22-10-7-11-24(22)30-21-14-12-19(4)13-15-21/h7,10-15,18,20,22-23H,6,8-9,16-17H2,1-5H3/b26-25+/t20-,22?,23+/m0/s1. The van der Waals surface area contributed by atoms with Gasteiger partial charge in [-0.25, -0.2) is 0 Å². The highest BCUT2D eigenvalue weighted by Gasteiger charge is 2.31. The van der Waals surface area contributed by atoms with Crippen LogP contribution in [-0.4, -0.2) is 47.5 Å². The van der Waals surface area contributed by atoms with Crippen LogP contribution in [0, 0.1) is 12.8 Å². The molecule has 0 radical (unpaired) electrons. The van der Waals surface area contributed by atoms with Crippen molar-refractivity contribution in [2.75, 3.05) is 20.3 Å². The summed E-state index contributed by atoms with van der Waals surface area (Å²) >= 11 is 3.92. The highest BCUT2D eigenvalue weighted by atomic mass is 32.2. The summed E-state index contributed by atoms with van der Waals surface area (Å²) in [6.45, 7) is 10.8. The molecule has 3 rings (SSSR count). The van der Waals surface area contributed by atoms with E-state index in [1.165, 1.54) is 33.9 Å². The Morgan fingerprint density at radius 1 is 1.27 bits per heavy atom. The van der Waals surface area contributed by atoms with E-state index in [-0.39, 0.29) is 5.92 Å². The minimum Gasteiger partial charge on any atom is -0.382 e. The molecule has 1 aromatic rings. The maximum absolute atomic E-state index is 5.48. The van der Waals surface area contributed by atoms with Crippen molar-refractivity contribution < 1.29 is 4.74 Å². The summed E-state index contributed by atoms with van der Waals surface area (Å²) in [5.74, 6) is 0.260. The van der Waals surface area contributed by atoms with E-state index in [1.54, 1.807) is 7.11 Å². The molecule has 1 saturated heterocycles. The summed E-state index contributed by atoms with van der Waals surface area (Å²) in [7, 11) is 1.79. The van der Waals surface area contributed by atoms with E-state index in [1.807, 2.05) is 23.5 Å². The zero-order valence-electron chi connectivity index (χ0n) is 19.0. The molecule has 3 atom stereocenters. The summed E-state index contributed by atoms with van der Waals surface area (Å²) in [4.78, 5) is 2.67. The average Bonchev–Trinajstić information content (AvgIpc) is 3.36. The van der Waals surface area contributed by atoms with Crippen LogP contribution in [0.4, 0.5) is 0 Å². The number of hydrogen-bond donors (Lipinski definition) is 0. The molecule has 1 heterocycles. The lowest BCUT2D eigenvalue weighted by Crippen LogP contribution is -2.34. The number of ether oxygens (including phenoxy) is 1. The van der Waals surface area contributed by atoms with Gasteiger partial charge in [0.05, 0.1) is 18.4 Å². The van der Waals surface area contributed by atoms with Crippen molar-refractivity contribution in [3.8, 4) is 0 Å². The van der Waals surface area contributed by atoms with Crippen molar-refractivity contribution in [3.63, 3.8) is 0 Å². The molecule has 0 N–H and O–H groups in total. The third-order valence-corrected chi connectivity index (χ3v) is 8.11. The van der Waals surface area contributed by atoms with Gasteiger partial charge in [0.15, 0.2) is 0 Å². The minimum absolute atomic E-state index is 0.260. The van der Waals surface area contributed by atoms with Gasteiger partial charge in [0, 0.05) is 34.6 Å². The fourth-order valence-corrected chi connectivity index (χ4v) is 6.24. The number of methoxy groups -OCH3 is 1. The Morgan fingerprint density at radius 2 is 2.03 bits per heavy atom. The van der Waals surface area contributed by atoms with Crippen LogP contribution >= 0.6 is 23.5 Å². The molecule has 0 amide bonds. The predicted octanol–water partition coefficient (Wildman–Crippen LogP) is 6.54. The molecule has 2 aliphatic rings. The van der Waals surface area contributed by atoms with E-state index in [0.29, 0.717) is 16.5 Å². The zero-order valence-corrected chi connectivity index (χ0v) is 20.6. The number of hydrogen-bond acceptors (Lipinski definition) is 5. The molecule has 1 unspecified atom stereocenters.